The van der Waals surface area contributed by atoms with Gasteiger partial charge in [-0.2, -0.15) is 0 Å². The van der Waals surface area contributed by atoms with Gasteiger partial charge in [0.15, 0.2) is 0 Å². The van der Waals surface area contributed by atoms with Crippen LogP contribution in [0.4, 0.5) is 5.69 Å². The quantitative estimate of drug-likeness (QED) is 0.234. The number of carbonyl (C=O) groups is 1. The lowest BCUT2D eigenvalue weighted by Crippen LogP contribution is -2.34. The van der Waals surface area contributed by atoms with Crippen LogP contribution in [0.2, 0.25) is 5.02 Å². The second-order valence-corrected chi connectivity index (χ2v) is 12.7. The first-order valence-electron chi connectivity index (χ1n) is 14.5. The van der Waals surface area contributed by atoms with E-state index in [1.165, 1.54) is 24.0 Å². The van der Waals surface area contributed by atoms with E-state index in [0.29, 0.717) is 28.4 Å². The second-order valence-electron chi connectivity index (χ2n) is 12.3. The first-order chi connectivity index (χ1) is 19.7. The number of amides is 1. The highest BCUT2D eigenvalue weighted by Crippen LogP contribution is 2.45. The van der Waals surface area contributed by atoms with Crippen LogP contribution in [0.5, 0.6) is 11.5 Å². The Morgan fingerprint density at radius 1 is 1.12 bits per heavy atom. The number of anilines is 1. The maximum absolute atomic E-state index is 12.2. The van der Waals surface area contributed by atoms with Crippen LogP contribution < -0.4 is 15.4 Å². The van der Waals surface area contributed by atoms with Crippen molar-refractivity contribution in [3.8, 4) is 11.5 Å². The predicted octanol–water partition coefficient (Wildman–Crippen LogP) is 8.38. The van der Waals surface area contributed by atoms with Crippen LogP contribution in [-0.4, -0.2) is 29.0 Å². The van der Waals surface area contributed by atoms with E-state index >= 15 is 0 Å². The van der Waals surface area contributed by atoms with Crippen LogP contribution >= 0.6 is 11.6 Å². The number of halogens is 1. The number of nitrogens with two attached hydrogens (primary N) is 1. The molecular formula is C34H37ClN4O2. The zero-order chi connectivity index (χ0) is 28.6. The van der Waals surface area contributed by atoms with Gasteiger partial charge in [-0.05, 0) is 97.4 Å². The van der Waals surface area contributed by atoms with Crippen molar-refractivity contribution in [3.05, 3.63) is 88.7 Å². The molecule has 1 aliphatic carbocycles. The number of piperidine rings is 1. The third-order valence-corrected chi connectivity index (χ3v) is 8.98. The summed E-state index contributed by atoms with van der Waals surface area (Å²) < 4.78 is 6.16. The van der Waals surface area contributed by atoms with Crippen LogP contribution in [-0.2, 0) is 0 Å². The summed E-state index contributed by atoms with van der Waals surface area (Å²) in [6.45, 7) is 6.70. The smallest absolute Gasteiger partial charge is 0.252 e. The summed E-state index contributed by atoms with van der Waals surface area (Å²) in [5.74, 6) is 1.16. The molecular weight excluding hydrogens is 532 g/mol. The summed E-state index contributed by atoms with van der Waals surface area (Å²) in [7, 11) is 0. The van der Waals surface area contributed by atoms with Crippen molar-refractivity contribution in [2.24, 2.45) is 17.1 Å². The second kappa shape index (κ2) is 11.2. The summed E-state index contributed by atoms with van der Waals surface area (Å²) in [4.78, 5) is 22.1. The van der Waals surface area contributed by atoms with E-state index < -0.39 is 5.91 Å². The number of aromatic nitrogens is 2. The van der Waals surface area contributed by atoms with E-state index in [9.17, 15) is 4.79 Å². The highest BCUT2D eigenvalue weighted by atomic mass is 35.5. The molecule has 1 aliphatic heterocycles. The molecule has 1 fully saturated rings. The molecule has 212 valence electrons. The fourth-order valence-electron chi connectivity index (χ4n) is 6.36. The number of primary amides is 1. The van der Waals surface area contributed by atoms with Crippen LogP contribution in [0, 0.1) is 11.3 Å². The van der Waals surface area contributed by atoms with Gasteiger partial charge >= 0.3 is 0 Å². The minimum absolute atomic E-state index is 0.322. The number of fused-ring (bicyclic) bond motifs is 1. The summed E-state index contributed by atoms with van der Waals surface area (Å²) in [6, 6.07) is 17.9. The minimum atomic E-state index is -0.513. The fourth-order valence-corrected chi connectivity index (χ4v) is 6.48. The van der Waals surface area contributed by atoms with Gasteiger partial charge in [-0.15, -0.1) is 0 Å². The lowest BCUT2D eigenvalue weighted by Gasteiger charge is -2.37. The number of hydrogen-bond acceptors (Lipinski definition) is 4. The molecule has 41 heavy (non-hydrogen) atoms. The fraction of sp³-hybridized carbons (Fsp3) is 0.353. The molecule has 3 N–H and O–H groups in total. The van der Waals surface area contributed by atoms with E-state index in [1.54, 1.807) is 17.8 Å². The van der Waals surface area contributed by atoms with Gasteiger partial charge in [0.05, 0.1) is 11.8 Å². The van der Waals surface area contributed by atoms with Crippen molar-refractivity contribution >= 4 is 39.8 Å². The van der Waals surface area contributed by atoms with Crippen molar-refractivity contribution in [2.75, 3.05) is 18.0 Å². The molecule has 6 rings (SSSR count). The monoisotopic (exact) mass is 568 g/mol. The number of aromatic amines is 1. The Kier molecular flexibility index (Phi) is 7.52. The highest BCUT2D eigenvalue weighted by Gasteiger charge is 2.30. The van der Waals surface area contributed by atoms with E-state index in [0.717, 1.165) is 60.5 Å². The molecule has 3 heterocycles. The molecule has 0 spiro atoms. The summed E-state index contributed by atoms with van der Waals surface area (Å²) in [5.41, 5.74) is 12.7. The Bertz CT molecular complexity index is 1600. The first-order valence-corrected chi connectivity index (χ1v) is 14.9. The molecule has 1 amide bonds. The molecule has 6 nitrogen and oxygen atoms in total. The van der Waals surface area contributed by atoms with Crippen molar-refractivity contribution < 1.29 is 9.53 Å². The van der Waals surface area contributed by atoms with Gasteiger partial charge in [0.25, 0.3) is 5.91 Å². The lowest BCUT2D eigenvalue weighted by molar-refractivity contribution is 0.0998. The van der Waals surface area contributed by atoms with Crippen molar-refractivity contribution in [1.82, 2.24) is 9.97 Å². The number of hydrogen-bond donors (Lipinski definition) is 2. The van der Waals surface area contributed by atoms with Gasteiger partial charge in [-0.25, -0.2) is 4.98 Å². The largest absolute Gasteiger partial charge is 0.455 e. The Morgan fingerprint density at radius 2 is 1.90 bits per heavy atom. The van der Waals surface area contributed by atoms with Crippen LogP contribution in [0.3, 0.4) is 0 Å². The third kappa shape index (κ3) is 6.13. The molecule has 4 aromatic rings. The van der Waals surface area contributed by atoms with Crippen molar-refractivity contribution in [1.29, 1.82) is 0 Å². The van der Waals surface area contributed by atoms with Crippen molar-refractivity contribution in [2.45, 2.75) is 52.4 Å². The van der Waals surface area contributed by atoms with Gasteiger partial charge in [0, 0.05) is 41.4 Å². The SMILES string of the molecule is CC1(C)CCC(CC2CCN(c3ccc(C(N)=O)c(Oc4cnc5[nH]ccc5c4)c3)CC2)=C(c2ccc(Cl)cc2)C1. The molecule has 1 saturated heterocycles. The summed E-state index contributed by atoms with van der Waals surface area (Å²) >= 11 is 6.20. The van der Waals surface area contributed by atoms with Gasteiger partial charge in [-0.3, -0.25) is 4.79 Å². The van der Waals surface area contributed by atoms with Crippen molar-refractivity contribution in [3.63, 3.8) is 0 Å². The molecule has 0 bridgehead atoms. The number of nitrogens with zero attached hydrogens (tertiary/aromatic N) is 2. The molecule has 0 saturated carbocycles. The number of allylic oxidation sites excluding steroid dienone is 2. The zero-order valence-corrected chi connectivity index (χ0v) is 24.5. The molecule has 2 aromatic carbocycles. The molecule has 0 atom stereocenters. The number of ether oxygens (including phenoxy) is 1. The Labute approximate surface area is 246 Å². The lowest BCUT2D eigenvalue weighted by atomic mass is 9.70. The maximum Gasteiger partial charge on any atom is 0.252 e. The Hall–Kier alpha value is -3.77. The normalized spacial score (nSPS) is 17.7. The standard InChI is InChI=1S/C34H37ClN4O2/c1-34(2)13-9-24(30(20-34)23-3-5-26(35)6-4-23)17-22-11-15-39(16-12-22)27-7-8-29(32(36)40)31(19-27)41-28-18-25-10-14-37-33(25)38-21-28/h3-8,10,14,18-19,21-22H,9,11-13,15-17,20H2,1-2H3,(H2,36,40)(H,37,38). The summed E-state index contributed by atoms with van der Waals surface area (Å²) in [5, 5.41) is 1.73. The Morgan fingerprint density at radius 3 is 2.66 bits per heavy atom. The van der Waals surface area contributed by atoms with Gasteiger partial charge < -0.3 is 20.4 Å². The third-order valence-electron chi connectivity index (χ3n) is 8.73. The number of rotatable bonds is 7. The van der Waals surface area contributed by atoms with E-state index in [4.69, 9.17) is 22.1 Å². The Balaban J connectivity index is 1.17. The first kappa shape index (κ1) is 27.4. The highest BCUT2D eigenvalue weighted by molar-refractivity contribution is 6.30. The number of pyridine rings is 1. The van der Waals surface area contributed by atoms with Crippen LogP contribution in [0.15, 0.2) is 72.6 Å². The van der Waals surface area contributed by atoms with E-state index in [1.807, 2.05) is 42.6 Å². The topological polar surface area (TPSA) is 84.2 Å². The number of benzene rings is 2. The zero-order valence-electron chi connectivity index (χ0n) is 23.8. The molecule has 0 radical (unpaired) electrons. The van der Waals surface area contributed by atoms with Gasteiger partial charge in [0.2, 0.25) is 0 Å². The van der Waals surface area contributed by atoms with Crippen LogP contribution in [0.25, 0.3) is 16.6 Å². The maximum atomic E-state index is 12.2. The van der Waals surface area contributed by atoms with E-state index in [-0.39, 0.29) is 0 Å². The average Bonchev–Trinajstić information content (AvgIpc) is 3.43. The average molecular weight is 569 g/mol. The molecule has 7 heteroatoms. The number of carbonyl (C=O) groups excluding carboxylic acids is 1. The minimum Gasteiger partial charge on any atom is -0.455 e. The van der Waals surface area contributed by atoms with Gasteiger partial charge in [-0.1, -0.05) is 43.2 Å². The number of nitrogens with one attached hydrogen (secondary N) is 1. The molecule has 2 aliphatic rings. The predicted molar refractivity (Wildman–Crippen MR) is 167 cm³/mol. The van der Waals surface area contributed by atoms with E-state index in [2.05, 4.69) is 40.8 Å². The number of H-pyrrole nitrogens is 1. The van der Waals surface area contributed by atoms with Gasteiger partial charge in [0.1, 0.15) is 17.1 Å². The summed E-state index contributed by atoms with van der Waals surface area (Å²) in [6.07, 6.45) is 10.4. The van der Waals surface area contributed by atoms with Crippen LogP contribution in [0.1, 0.15) is 68.3 Å². The molecule has 0 unspecified atom stereocenters. The molecule has 2 aromatic heterocycles.